The average Bonchev–Trinajstić information content (AvgIpc) is 3.33. The van der Waals surface area contributed by atoms with Crippen molar-refractivity contribution < 1.29 is 21.6 Å². The second-order valence-corrected chi connectivity index (χ2v) is 12.7. The molecule has 1 aliphatic heterocycles. The molecule has 5 rings (SSSR count). The maximum absolute atomic E-state index is 13.3. The molecule has 4 heterocycles. The second kappa shape index (κ2) is 10.8. The molecule has 1 N–H and O–H groups in total. The quantitative estimate of drug-likeness (QED) is 0.278. The Bertz CT molecular complexity index is 1550. The third-order valence-corrected chi connectivity index (χ3v) is 9.17. The van der Waals surface area contributed by atoms with Gasteiger partial charge in [0.1, 0.15) is 11.6 Å². The highest BCUT2D eigenvalue weighted by atomic mass is 32.2. The predicted octanol–water partition coefficient (Wildman–Crippen LogP) is 5.79. The molecule has 8 nitrogen and oxygen atoms in total. The van der Waals surface area contributed by atoms with Crippen molar-refractivity contribution in [3.8, 4) is 11.1 Å². The van der Waals surface area contributed by atoms with E-state index in [-0.39, 0.29) is 33.5 Å². The first-order chi connectivity index (χ1) is 18.5. The number of fused-ring (bicyclic) bond motifs is 1. The Balaban J connectivity index is 1.22. The molecular weight excluding hydrogens is 549 g/mol. The predicted molar refractivity (Wildman–Crippen MR) is 144 cm³/mol. The lowest BCUT2D eigenvalue weighted by Crippen LogP contribution is -2.42. The molecule has 3 aromatic heterocycles. The lowest BCUT2D eigenvalue weighted by atomic mass is 10.1. The molecule has 1 aliphatic rings. The van der Waals surface area contributed by atoms with Gasteiger partial charge in [0, 0.05) is 42.3 Å². The van der Waals surface area contributed by atoms with Gasteiger partial charge in [-0.2, -0.15) is 17.5 Å². The van der Waals surface area contributed by atoms with Crippen molar-refractivity contribution in [1.82, 2.24) is 23.9 Å². The maximum Gasteiger partial charge on any atom is 0.446 e. The van der Waals surface area contributed by atoms with Crippen molar-refractivity contribution in [2.45, 2.75) is 53.9 Å². The number of nitrogens with one attached hydrogen (secondary N) is 1. The van der Waals surface area contributed by atoms with Crippen LogP contribution in [0, 0.1) is 0 Å². The summed E-state index contributed by atoms with van der Waals surface area (Å²) in [6.45, 7) is 4.76. The summed E-state index contributed by atoms with van der Waals surface area (Å²) in [5, 5.41) is 11.6. The van der Waals surface area contributed by atoms with E-state index in [1.54, 1.807) is 24.3 Å². The molecule has 0 spiro atoms. The lowest BCUT2D eigenvalue weighted by molar-refractivity contribution is -0.0328. The van der Waals surface area contributed by atoms with Gasteiger partial charge in [-0.15, -0.1) is 10.2 Å². The largest absolute Gasteiger partial charge is 0.446 e. The molecule has 1 fully saturated rings. The zero-order valence-corrected chi connectivity index (χ0v) is 22.9. The van der Waals surface area contributed by atoms with Gasteiger partial charge in [-0.3, -0.25) is 4.40 Å². The molecule has 0 saturated carbocycles. The molecule has 0 aliphatic carbocycles. The summed E-state index contributed by atoms with van der Waals surface area (Å²) >= 11 is -0.212. The molecule has 1 aromatic carbocycles. The van der Waals surface area contributed by atoms with Crippen LogP contribution in [0.4, 0.5) is 19.0 Å². The standard InChI is InChI=1S/C26H27F3N6O2S2/c1-17(2)25-33-32-24-10-5-19(16-35(24)25)18-3-7-22(8-4-18)39(36,37)34-13-11-20(12-14-34)31-23-9-6-21(15-30-23)38-26(27,28)29/h3-10,15-17,20H,11-14H2,1-2H3,(H,30,31). The summed E-state index contributed by atoms with van der Waals surface area (Å²) in [5.74, 6) is 1.53. The average molecular weight is 577 g/mol. The maximum atomic E-state index is 13.3. The van der Waals surface area contributed by atoms with Crippen LogP contribution in [0.2, 0.25) is 0 Å². The first kappa shape index (κ1) is 27.4. The first-order valence-corrected chi connectivity index (χ1v) is 14.7. The van der Waals surface area contributed by atoms with Gasteiger partial charge in [0.25, 0.3) is 0 Å². The van der Waals surface area contributed by atoms with Crippen molar-refractivity contribution in [2.75, 3.05) is 18.4 Å². The lowest BCUT2D eigenvalue weighted by Gasteiger charge is -2.32. The molecule has 0 amide bonds. The van der Waals surface area contributed by atoms with Crippen molar-refractivity contribution in [3.05, 3.63) is 66.7 Å². The van der Waals surface area contributed by atoms with E-state index >= 15 is 0 Å². The highest BCUT2D eigenvalue weighted by Crippen LogP contribution is 2.36. The summed E-state index contributed by atoms with van der Waals surface area (Å²) < 4.78 is 67.5. The van der Waals surface area contributed by atoms with E-state index < -0.39 is 15.5 Å². The van der Waals surface area contributed by atoms with Crippen LogP contribution < -0.4 is 5.32 Å². The van der Waals surface area contributed by atoms with E-state index in [0.29, 0.717) is 31.7 Å². The first-order valence-electron chi connectivity index (χ1n) is 12.4. The van der Waals surface area contributed by atoms with Crippen LogP contribution in [0.3, 0.4) is 0 Å². The molecule has 13 heteroatoms. The monoisotopic (exact) mass is 576 g/mol. The summed E-state index contributed by atoms with van der Waals surface area (Å²) in [4.78, 5) is 4.30. The molecule has 4 aromatic rings. The number of hydrogen-bond acceptors (Lipinski definition) is 7. The van der Waals surface area contributed by atoms with E-state index in [0.717, 1.165) is 22.6 Å². The van der Waals surface area contributed by atoms with Crippen molar-refractivity contribution >= 4 is 33.3 Å². The number of alkyl halides is 3. The van der Waals surface area contributed by atoms with Crippen LogP contribution in [0.5, 0.6) is 0 Å². The van der Waals surface area contributed by atoms with E-state index in [9.17, 15) is 21.6 Å². The van der Waals surface area contributed by atoms with Crippen molar-refractivity contribution in [2.24, 2.45) is 0 Å². The number of anilines is 1. The van der Waals surface area contributed by atoms with E-state index in [1.807, 2.05) is 22.7 Å². The van der Waals surface area contributed by atoms with E-state index in [1.165, 1.54) is 22.6 Å². The van der Waals surface area contributed by atoms with Crippen LogP contribution in [-0.2, 0) is 10.0 Å². The smallest absolute Gasteiger partial charge is 0.367 e. The van der Waals surface area contributed by atoms with Gasteiger partial charge in [-0.1, -0.05) is 26.0 Å². The van der Waals surface area contributed by atoms with Gasteiger partial charge in [0.05, 0.1) is 4.90 Å². The Morgan fingerprint density at radius 3 is 2.28 bits per heavy atom. The number of rotatable bonds is 7. The number of aromatic nitrogens is 4. The van der Waals surface area contributed by atoms with Crippen LogP contribution >= 0.6 is 11.8 Å². The minimum Gasteiger partial charge on any atom is -0.367 e. The SMILES string of the molecule is CC(C)c1nnc2ccc(-c3ccc(S(=O)(=O)N4CCC(Nc5ccc(SC(F)(F)F)cn5)CC4)cc3)cn12. The normalized spacial score (nSPS) is 15.7. The minimum absolute atomic E-state index is 0.0135. The van der Waals surface area contributed by atoms with Crippen LogP contribution in [-0.4, -0.2) is 56.9 Å². The number of benzene rings is 1. The Labute approximate surface area is 228 Å². The minimum atomic E-state index is -4.36. The summed E-state index contributed by atoms with van der Waals surface area (Å²) in [6, 6.07) is 13.5. The number of sulfonamides is 1. The fourth-order valence-electron chi connectivity index (χ4n) is 4.55. The van der Waals surface area contributed by atoms with Gasteiger partial charge in [-0.05, 0) is 72.1 Å². The number of piperidine rings is 1. The highest BCUT2D eigenvalue weighted by Gasteiger charge is 2.31. The Morgan fingerprint density at radius 1 is 0.974 bits per heavy atom. The molecule has 206 valence electrons. The Morgan fingerprint density at radius 2 is 1.67 bits per heavy atom. The van der Waals surface area contributed by atoms with Crippen molar-refractivity contribution in [1.29, 1.82) is 0 Å². The third-order valence-electron chi connectivity index (χ3n) is 6.55. The summed E-state index contributed by atoms with van der Waals surface area (Å²) in [7, 11) is -3.67. The fraction of sp³-hybridized carbons (Fsp3) is 0.346. The topological polar surface area (TPSA) is 92.5 Å². The molecule has 0 atom stereocenters. The van der Waals surface area contributed by atoms with Gasteiger partial charge >= 0.3 is 5.51 Å². The zero-order chi connectivity index (χ0) is 27.8. The number of hydrogen-bond donors (Lipinski definition) is 1. The van der Waals surface area contributed by atoms with E-state index in [2.05, 4.69) is 34.3 Å². The van der Waals surface area contributed by atoms with Gasteiger partial charge in [0.2, 0.25) is 10.0 Å². The molecule has 0 bridgehead atoms. The number of pyridine rings is 2. The number of nitrogens with zero attached hydrogens (tertiary/aromatic N) is 5. The fourth-order valence-corrected chi connectivity index (χ4v) is 6.53. The van der Waals surface area contributed by atoms with E-state index in [4.69, 9.17) is 0 Å². The van der Waals surface area contributed by atoms with Crippen LogP contribution in [0.25, 0.3) is 16.8 Å². The van der Waals surface area contributed by atoms with Crippen molar-refractivity contribution in [3.63, 3.8) is 0 Å². The molecule has 39 heavy (non-hydrogen) atoms. The zero-order valence-electron chi connectivity index (χ0n) is 21.3. The summed E-state index contributed by atoms with van der Waals surface area (Å²) in [5.41, 5.74) is -1.79. The Hall–Kier alpha value is -3.16. The molecule has 0 unspecified atom stereocenters. The number of halogens is 3. The number of thioether (sulfide) groups is 1. The van der Waals surface area contributed by atoms with Gasteiger partial charge in [0.15, 0.2) is 5.65 Å². The summed E-state index contributed by atoms with van der Waals surface area (Å²) in [6.07, 6.45) is 4.24. The molecular formula is C26H27F3N6O2S2. The third kappa shape index (κ3) is 6.20. The van der Waals surface area contributed by atoms with Crippen LogP contribution in [0.1, 0.15) is 38.4 Å². The Kier molecular flexibility index (Phi) is 7.57. The van der Waals surface area contributed by atoms with Gasteiger partial charge in [-0.25, -0.2) is 13.4 Å². The van der Waals surface area contributed by atoms with Gasteiger partial charge < -0.3 is 5.32 Å². The molecule has 0 radical (unpaired) electrons. The highest BCUT2D eigenvalue weighted by molar-refractivity contribution is 8.00. The second-order valence-electron chi connectivity index (χ2n) is 9.63. The van der Waals surface area contributed by atoms with Crippen LogP contribution in [0.15, 0.2) is 70.7 Å². The molecule has 1 saturated heterocycles.